The highest BCUT2D eigenvalue weighted by Crippen LogP contribution is 2.21. The minimum absolute atomic E-state index is 0.491. The van der Waals surface area contributed by atoms with E-state index in [1.54, 1.807) is 0 Å². The SMILES string of the molecule is CC(c1ccc(I)cc1)N(C)CC1CCCCN1. The summed E-state index contributed by atoms with van der Waals surface area (Å²) in [5.41, 5.74) is 1.41. The van der Waals surface area contributed by atoms with Gasteiger partial charge >= 0.3 is 0 Å². The third kappa shape index (κ3) is 3.93. The van der Waals surface area contributed by atoms with Gasteiger partial charge in [-0.05, 0) is 73.6 Å². The zero-order chi connectivity index (χ0) is 13.0. The molecule has 100 valence electrons. The average molecular weight is 358 g/mol. The maximum Gasteiger partial charge on any atom is 0.0317 e. The summed E-state index contributed by atoms with van der Waals surface area (Å²) in [6.07, 6.45) is 4.04. The van der Waals surface area contributed by atoms with Crippen LogP contribution < -0.4 is 5.32 Å². The van der Waals surface area contributed by atoms with E-state index < -0.39 is 0 Å². The number of halogens is 1. The Hall–Kier alpha value is -0.130. The highest BCUT2D eigenvalue weighted by atomic mass is 127. The fourth-order valence-corrected chi connectivity index (χ4v) is 2.94. The van der Waals surface area contributed by atoms with Crippen molar-refractivity contribution in [2.75, 3.05) is 20.1 Å². The zero-order valence-electron chi connectivity index (χ0n) is 11.3. The van der Waals surface area contributed by atoms with Gasteiger partial charge in [0.25, 0.3) is 0 Å². The average Bonchev–Trinajstić information content (AvgIpc) is 2.40. The van der Waals surface area contributed by atoms with Crippen LogP contribution in [0.25, 0.3) is 0 Å². The van der Waals surface area contributed by atoms with E-state index in [-0.39, 0.29) is 0 Å². The Labute approximate surface area is 124 Å². The Bertz CT molecular complexity index is 357. The first-order valence-electron chi connectivity index (χ1n) is 6.86. The summed E-state index contributed by atoms with van der Waals surface area (Å²) in [6.45, 7) is 4.63. The summed E-state index contributed by atoms with van der Waals surface area (Å²) in [6, 6.07) is 10.0. The third-order valence-electron chi connectivity index (χ3n) is 3.93. The van der Waals surface area contributed by atoms with Crippen LogP contribution in [0.2, 0.25) is 0 Å². The van der Waals surface area contributed by atoms with Gasteiger partial charge in [-0.3, -0.25) is 4.90 Å². The van der Waals surface area contributed by atoms with Crippen molar-refractivity contribution < 1.29 is 0 Å². The van der Waals surface area contributed by atoms with E-state index in [0.29, 0.717) is 12.1 Å². The van der Waals surface area contributed by atoms with Crippen LogP contribution in [0.15, 0.2) is 24.3 Å². The topological polar surface area (TPSA) is 15.3 Å². The van der Waals surface area contributed by atoms with E-state index in [9.17, 15) is 0 Å². The number of piperidine rings is 1. The van der Waals surface area contributed by atoms with Crippen LogP contribution in [0.5, 0.6) is 0 Å². The molecule has 1 heterocycles. The first-order valence-corrected chi connectivity index (χ1v) is 7.94. The molecule has 2 atom stereocenters. The van der Waals surface area contributed by atoms with Gasteiger partial charge in [0.1, 0.15) is 0 Å². The predicted molar refractivity (Wildman–Crippen MR) is 85.8 cm³/mol. The van der Waals surface area contributed by atoms with Gasteiger partial charge in [0.2, 0.25) is 0 Å². The van der Waals surface area contributed by atoms with Crippen LogP contribution in [0.1, 0.15) is 37.8 Å². The van der Waals surface area contributed by atoms with Crippen molar-refractivity contribution in [1.29, 1.82) is 0 Å². The summed E-state index contributed by atoms with van der Waals surface area (Å²) in [4.78, 5) is 2.46. The van der Waals surface area contributed by atoms with Gasteiger partial charge < -0.3 is 5.32 Å². The van der Waals surface area contributed by atoms with Crippen LogP contribution in [0.3, 0.4) is 0 Å². The number of rotatable bonds is 4. The molecule has 0 aromatic heterocycles. The summed E-state index contributed by atoms with van der Waals surface area (Å²) in [5.74, 6) is 0. The molecule has 0 radical (unpaired) electrons. The summed E-state index contributed by atoms with van der Waals surface area (Å²) >= 11 is 2.36. The summed E-state index contributed by atoms with van der Waals surface area (Å²) in [7, 11) is 2.24. The van der Waals surface area contributed by atoms with Crippen molar-refractivity contribution >= 4 is 22.6 Å². The Morgan fingerprint density at radius 3 is 2.67 bits per heavy atom. The van der Waals surface area contributed by atoms with Crippen molar-refractivity contribution in [2.45, 2.75) is 38.3 Å². The lowest BCUT2D eigenvalue weighted by atomic mass is 10.0. The molecule has 1 N–H and O–H groups in total. The summed E-state index contributed by atoms with van der Waals surface area (Å²) < 4.78 is 1.31. The molecule has 1 saturated heterocycles. The molecule has 0 aliphatic carbocycles. The van der Waals surface area contributed by atoms with Gasteiger partial charge in [-0.25, -0.2) is 0 Å². The monoisotopic (exact) mass is 358 g/mol. The van der Waals surface area contributed by atoms with Crippen LogP contribution in [-0.2, 0) is 0 Å². The molecular formula is C15H23IN2. The second-order valence-electron chi connectivity index (χ2n) is 5.31. The molecule has 0 saturated carbocycles. The van der Waals surface area contributed by atoms with Gasteiger partial charge in [0.15, 0.2) is 0 Å². The van der Waals surface area contributed by atoms with E-state index in [2.05, 4.69) is 71.0 Å². The fraction of sp³-hybridized carbons (Fsp3) is 0.600. The van der Waals surface area contributed by atoms with E-state index in [0.717, 1.165) is 6.54 Å². The lowest BCUT2D eigenvalue weighted by Crippen LogP contribution is -2.43. The maximum absolute atomic E-state index is 3.62. The molecule has 3 heteroatoms. The molecule has 2 nitrogen and oxygen atoms in total. The van der Waals surface area contributed by atoms with Crippen LogP contribution in [0, 0.1) is 3.57 Å². The first kappa shape index (κ1) is 14.3. The first-order chi connectivity index (χ1) is 8.66. The van der Waals surface area contributed by atoms with Gasteiger partial charge in [0, 0.05) is 22.2 Å². The second kappa shape index (κ2) is 6.87. The number of likely N-dealkylation sites (N-methyl/N-ethyl adjacent to an activating group) is 1. The fourth-order valence-electron chi connectivity index (χ4n) is 2.58. The highest BCUT2D eigenvalue weighted by molar-refractivity contribution is 14.1. The van der Waals surface area contributed by atoms with Crippen molar-refractivity contribution in [3.05, 3.63) is 33.4 Å². The van der Waals surface area contributed by atoms with E-state index in [1.807, 2.05) is 0 Å². The molecule has 1 aliphatic heterocycles. The van der Waals surface area contributed by atoms with Crippen molar-refractivity contribution in [2.24, 2.45) is 0 Å². The van der Waals surface area contributed by atoms with Gasteiger partial charge in [-0.15, -0.1) is 0 Å². The molecule has 0 bridgehead atoms. The standard InChI is InChI=1S/C15H23IN2/c1-12(13-6-8-14(16)9-7-13)18(2)11-15-5-3-4-10-17-15/h6-9,12,15,17H,3-5,10-11H2,1-2H3. The van der Waals surface area contributed by atoms with Crippen molar-refractivity contribution in [1.82, 2.24) is 10.2 Å². The molecule has 1 aromatic carbocycles. The zero-order valence-corrected chi connectivity index (χ0v) is 13.5. The molecule has 18 heavy (non-hydrogen) atoms. The number of benzene rings is 1. The summed E-state index contributed by atoms with van der Waals surface area (Å²) in [5, 5.41) is 3.62. The number of hydrogen-bond donors (Lipinski definition) is 1. The number of nitrogens with zero attached hydrogens (tertiary/aromatic N) is 1. The quantitative estimate of drug-likeness (QED) is 0.830. The maximum atomic E-state index is 3.62. The van der Waals surface area contributed by atoms with Crippen LogP contribution >= 0.6 is 22.6 Å². The second-order valence-corrected chi connectivity index (χ2v) is 6.56. The third-order valence-corrected chi connectivity index (χ3v) is 4.65. The molecule has 0 spiro atoms. The predicted octanol–water partition coefficient (Wildman–Crippen LogP) is 3.43. The van der Waals surface area contributed by atoms with Gasteiger partial charge in [-0.1, -0.05) is 18.6 Å². The molecule has 2 unspecified atom stereocenters. The molecule has 2 rings (SSSR count). The number of nitrogens with one attached hydrogen (secondary N) is 1. The Kier molecular flexibility index (Phi) is 5.45. The smallest absolute Gasteiger partial charge is 0.0317 e. The minimum atomic E-state index is 0.491. The van der Waals surface area contributed by atoms with E-state index >= 15 is 0 Å². The number of hydrogen-bond acceptors (Lipinski definition) is 2. The van der Waals surface area contributed by atoms with Crippen molar-refractivity contribution in [3.8, 4) is 0 Å². The van der Waals surface area contributed by atoms with E-state index in [4.69, 9.17) is 0 Å². The molecule has 0 amide bonds. The van der Waals surface area contributed by atoms with Crippen LogP contribution in [-0.4, -0.2) is 31.1 Å². The highest BCUT2D eigenvalue weighted by Gasteiger charge is 2.18. The minimum Gasteiger partial charge on any atom is -0.313 e. The Morgan fingerprint density at radius 1 is 1.33 bits per heavy atom. The lowest BCUT2D eigenvalue weighted by Gasteiger charge is -2.32. The Morgan fingerprint density at radius 2 is 2.06 bits per heavy atom. The largest absolute Gasteiger partial charge is 0.313 e. The van der Waals surface area contributed by atoms with E-state index in [1.165, 1.54) is 34.9 Å². The Balaban J connectivity index is 1.91. The van der Waals surface area contributed by atoms with Gasteiger partial charge in [0.05, 0.1) is 0 Å². The van der Waals surface area contributed by atoms with Crippen LogP contribution in [0.4, 0.5) is 0 Å². The van der Waals surface area contributed by atoms with Crippen molar-refractivity contribution in [3.63, 3.8) is 0 Å². The molecule has 1 fully saturated rings. The van der Waals surface area contributed by atoms with Gasteiger partial charge in [-0.2, -0.15) is 0 Å². The lowest BCUT2D eigenvalue weighted by molar-refractivity contribution is 0.214. The molecule has 1 aromatic rings. The molecular weight excluding hydrogens is 335 g/mol. The normalized spacial score (nSPS) is 22.1. The molecule has 1 aliphatic rings.